The molecule has 0 radical (unpaired) electrons. The quantitative estimate of drug-likeness (QED) is 0.763. The zero-order chi connectivity index (χ0) is 15.9. The van der Waals surface area contributed by atoms with Crippen molar-refractivity contribution in [1.29, 1.82) is 0 Å². The molecular weight excluding hydrogens is 279 g/mol. The normalized spacial score (nSPS) is 10.7. The van der Waals surface area contributed by atoms with Crippen LogP contribution in [0.25, 0.3) is 0 Å². The molecule has 4 heteroatoms. The Morgan fingerprint density at radius 1 is 1.27 bits per heavy atom. The number of amides is 1. The molecule has 0 bridgehead atoms. The summed E-state index contributed by atoms with van der Waals surface area (Å²) in [6.45, 7) is 5.70. The van der Waals surface area contributed by atoms with Crippen LogP contribution in [0.3, 0.4) is 0 Å². The number of nitrogens with zero attached hydrogens (tertiary/aromatic N) is 2. The van der Waals surface area contributed by atoms with E-state index in [1.54, 1.807) is 19.1 Å². The van der Waals surface area contributed by atoms with Crippen LogP contribution in [0.15, 0.2) is 42.6 Å². The molecule has 118 valence electrons. The molecular formula is C18H23FN2O. The molecule has 1 aromatic heterocycles. The molecule has 22 heavy (non-hydrogen) atoms. The Kier molecular flexibility index (Phi) is 5.75. The number of hydrogen-bond acceptors (Lipinski definition) is 1. The summed E-state index contributed by atoms with van der Waals surface area (Å²) in [6.07, 6.45) is 4.04. The van der Waals surface area contributed by atoms with E-state index >= 15 is 0 Å². The van der Waals surface area contributed by atoms with Crippen molar-refractivity contribution >= 4 is 5.91 Å². The second-order valence-electron chi connectivity index (χ2n) is 5.55. The molecule has 0 unspecified atom stereocenters. The Morgan fingerprint density at radius 2 is 2.09 bits per heavy atom. The first kappa shape index (κ1) is 16.3. The Morgan fingerprint density at radius 3 is 2.77 bits per heavy atom. The zero-order valence-electron chi connectivity index (χ0n) is 13.3. The molecule has 2 rings (SSSR count). The van der Waals surface area contributed by atoms with Gasteiger partial charge in [0.25, 0.3) is 0 Å². The average Bonchev–Trinajstić information content (AvgIpc) is 2.90. The highest BCUT2D eigenvalue weighted by atomic mass is 19.1. The topological polar surface area (TPSA) is 25.2 Å². The van der Waals surface area contributed by atoms with Gasteiger partial charge in [-0.25, -0.2) is 4.39 Å². The first-order valence-electron chi connectivity index (χ1n) is 7.74. The summed E-state index contributed by atoms with van der Waals surface area (Å²) in [7, 11) is 0. The van der Waals surface area contributed by atoms with E-state index in [0.717, 1.165) is 30.6 Å². The second-order valence-corrected chi connectivity index (χ2v) is 5.55. The number of carbonyl (C=O) groups is 1. The molecule has 0 atom stereocenters. The van der Waals surface area contributed by atoms with E-state index < -0.39 is 0 Å². The van der Waals surface area contributed by atoms with Crippen molar-refractivity contribution in [3.63, 3.8) is 0 Å². The van der Waals surface area contributed by atoms with E-state index in [0.29, 0.717) is 13.1 Å². The molecule has 0 spiro atoms. The highest BCUT2D eigenvalue weighted by Gasteiger charge is 2.11. The lowest BCUT2D eigenvalue weighted by molar-refractivity contribution is -0.129. The molecule has 0 saturated heterocycles. The fourth-order valence-corrected chi connectivity index (χ4v) is 2.47. The monoisotopic (exact) mass is 302 g/mol. The molecule has 1 heterocycles. The van der Waals surface area contributed by atoms with Crippen LogP contribution in [0, 0.1) is 5.82 Å². The van der Waals surface area contributed by atoms with Crippen LogP contribution in [0.4, 0.5) is 4.39 Å². The molecule has 0 aliphatic carbocycles. The van der Waals surface area contributed by atoms with Crippen LogP contribution in [-0.4, -0.2) is 21.9 Å². The molecule has 0 aliphatic rings. The Labute approximate surface area is 131 Å². The lowest BCUT2D eigenvalue weighted by Gasteiger charge is -2.22. The summed E-state index contributed by atoms with van der Waals surface area (Å²) in [6, 6.07) is 10.6. The van der Waals surface area contributed by atoms with Gasteiger partial charge in [-0.15, -0.1) is 0 Å². The van der Waals surface area contributed by atoms with Crippen LogP contribution < -0.4 is 0 Å². The molecule has 0 aliphatic heterocycles. The Bertz CT molecular complexity index is 621. The van der Waals surface area contributed by atoms with Crippen molar-refractivity contribution < 1.29 is 9.18 Å². The first-order valence-corrected chi connectivity index (χ1v) is 7.74. The van der Waals surface area contributed by atoms with E-state index in [9.17, 15) is 9.18 Å². The summed E-state index contributed by atoms with van der Waals surface area (Å²) in [5.41, 5.74) is 1.98. The summed E-state index contributed by atoms with van der Waals surface area (Å²) >= 11 is 0. The van der Waals surface area contributed by atoms with Crippen molar-refractivity contribution in [2.24, 2.45) is 0 Å². The first-order chi connectivity index (χ1) is 10.6. The smallest absolute Gasteiger partial charge is 0.219 e. The van der Waals surface area contributed by atoms with Gasteiger partial charge in [0.15, 0.2) is 0 Å². The van der Waals surface area contributed by atoms with Gasteiger partial charge >= 0.3 is 0 Å². The molecule has 1 aromatic carbocycles. The van der Waals surface area contributed by atoms with Crippen LogP contribution in [0.5, 0.6) is 0 Å². The van der Waals surface area contributed by atoms with Gasteiger partial charge in [0.05, 0.1) is 6.54 Å². The molecule has 2 aromatic rings. The predicted octanol–water partition coefficient (Wildman–Crippen LogP) is 3.82. The fourth-order valence-electron chi connectivity index (χ4n) is 2.47. The van der Waals surface area contributed by atoms with Crippen molar-refractivity contribution in [2.75, 3.05) is 6.54 Å². The minimum absolute atomic E-state index is 0.0898. The standard InChI is InChI=1S/C18H23FN2O/c1-3-4-10-20(15(2)22)14-18-9-6-11-21(18)13-16-7-5-8-17(19)12-16/h5-9,11-12H,3-4,10,13-14H2,1-2H3. The van der Waals surface area contributed by atoms with Gasteiger partial charge in [-0.05, 0) is 36.2 Å². The summed E-state index contributed by atoms with van der Waals surface area (Å²) < 4.78 is 15.4. The highest BCUT2D eigenvalue weighted by Crippen LogP contribution is 2.12. The molecule has 1 amide bonds. The summed E-state index contributed by atoms with van der Waals surface area (Å²) in [4.78, 5) is 13.6. The van der Waals surface area contributed by atoms with Crippen molar-refractivity contribution in [1.82, 2.24) is 9.47 Å². The van der Waals surface area contributed by atoms with Gasteiger partial charge in [0.2, 0.25) is 5.91 Å². The average molecular weight is 302 g/mol. The molecule has 0 N–H and O–H groups in total. The Balaban J connectivity index is 2.09. The summed E-state index contributed by atoms with van der Waals surface area (Å²) in [5.74, 6) is -0.133. The number of hydrogen-bond donors (Lipinski definition) is 0. The third-order valence-corrected chi connectivity index (χ3v) is 3.75. The SMILES string of the molecule is CCCCN(Cc1cccn1Cc1cccc(F)c1)C(C)=O. The second kappa shape index (κ2) is 7.78. The van der Waals surface area contributed by atoms with Gasteiger partial charge in [0.1, 0.15) is 5.82 Å². The lowest BCUT2D eigenvalue weighted by Crippen LogP contribution is -2.30. The van der Waals surface area contributed by atoms with Gasteiger partial charge in [-0.2, -0.15) is 0 Å². The van der Waals surface area contributed by atoms with Gasteiger partial charge < -0.3 is 9.47 Å². The number of halogens is 1. The molecule has 3 nitrogen and oxygen atoms in total. The minimum atomic E-state index is -0.223. The number of unbranched alkanes of at least 4 members (excludes halogenated alkanes) is 1. The fraction of sp³-hybridized carbons (Fsp3) is 0.389. The number of carbonyl (C=O) groups excluding carboxylic acids is 1. The maximum absolute atomic E-state index is 13.3. The molecule has 0 saturated carbocycles. The van der Waals surface area contributed by atoms with Crippen LogP contribution in [-0.2, 0) is 17.9 Å². The number of benzene rings is 1. The maximum Gasteiger partial charge on any atom is 0.219 e. The van der Waals surface area contributed by atoms with E-state index in [4.69, 9.17) is 0 Å². The minimum Gasteiger partial charge on any atom is -0.345 e. The van der Waals surface area contributed by atoms with Crippen LogP contribution in [0.1, 0.15) is 37.9 Å². The number of aromatic nitrogens is 1. The Hall–Kier alpha value is -2.10. The van der Waals surface area contributed by atoms with Crippen LogP contribution in [0.2, 0.25) is 0 Å². The zero-order valence-corrected chi connectivity index (χ0v) is 13.3. The maximum atomic E-state index is 13.3. The third kappa shape index (κ3) is 4.45. The lowest BCUT2D eigenvalue weighted by atomic mass is 10.2. The van der Waals surface area contributed by atoms with Crippen LogP contribution >= 0.6 is 0 Å². The van der Waals surface area contributed by atoms with E-state index in [1.165, 1.54) is 6.07 Å². The number of rotatable bonds is 7. The summed E-state index contributed by atoms with van der Waals surface area (Å²) in [5, 5.41) is 0. The van der Waals surface area contributed by atoms with Gasteiger partial charge in [-0.3, -0.25) is 4.79 Å². The predicted molar refractivity (Wildman–Crippen MR) is 85.9 cm³/mol. The largest absolute Gasteiger partial charge is 0.345 e. The van der Waals surface area contributed by atoms with E-state index in [2.05, 4.69) is 11.5 Å². The molecule has 0 fully saturated rings. The highest BCUT2D eigenvalue weighted by molar-refractivity contribution is 5.73. The van der Waals surface area contributed by atoms with Crippen molar-refractivity contribution in [3.05, 3.63) is 59.7 Å². The van der Waals surface area contributed by atoms with Crippen molar-refractivity contribution in [2.45, 2.75) is 39.8 Å². The van der Waals surface area contributed by atoms with E-state index in [-0.39, 0.29) is 11.7 Å². The van der Waals surface area contributed by atoms with Crippen molar-refractivity contribution in [3.8, 4) is 0 Å². The van der Waals surface area contributed by atoms with Gasteiger partial charge in [-0.1, -0.05) is 25.5 Å². The van der Waals surface area contributed by atoms with Gasteiger partial charge in [0, 0.05) is 31.9 Å². The third-order valence-electron chi connectivity index (χ3n) is 3.75. The van der Waals surface area contributed by atoms with E-state index in [1.807, 2.05) is 29.3 Å².